The molecule has 1 N–H and O–H groups in total. The van der Waals surface area contributed by atoms with Crippen LogP contribution < -0.4 is 5.32 Å². The van der Waals surface area contributed by atoms with Gasteiger partial charge in [-0.3, -0.25) is 0 Å². The van der Waals surface area contributed by atoms with Gasteiger partial charge in [0, 0.05) is 6.54 Å². The first-order valence-electron chi connectivity index (χ1n) is 3.98. The molecule has 0 saturated carbocycles. The Balaban J connectivity index is 3.35. The van der Waals surface area contributed by atoms with Crippen molar-refractivity contribution in [1.29, 1.82) is 0 Å². The van der Waals surface area contributed by atoms with Gasteiger partial charge in [-0.05, 0) is 12.0 Å². The van der Waals surface area contributed by atoms with E-state index in [-0.39, 0.29) is 12.0 Å². The molecule has 0 bridgehead atoms. The minimum Gasteiger partial charge on any atom is -0.316 e. The summed E-state index contributed by atoms with van der Waals surface area (Å²) in [5.74, 6) is 0. The van der Waals surface area contributed by atoms with Gasteiger partial charge in [0.25, 0.3) is 0 Å². The van der Waals surface area contributed by atoms with Crippen molar-refractivity contribution in [3.05, 3.63) is 0 Å². The maximum absolute atomic E-state index is 11.6. The van der Waals surface area contributed by atoms with Crippen LogP contribution in [0.1, 0.15) is 27.2 Å². The Morgan fingerprint density at radius 2 is 1.58 bits per heavy atom. The highest BCUT2D eigenvalue weighted by Gasteiger charge is 2.26. The molecule has 0 spiro atoms. The fourth-order valence-corrected chi connectivity index (χ4v) is 0.694. The van der Waals surface area contributed by atoms with Gasteiger partial charge in [0.15, 0.2) is 0 Å². The van der Waals surface area contributed by atoms with Crippen LogP contribution in [0.3, 0.4) is 0 Å². The first-order chi connectivity index (χ1) is 5.21. The van der Waals surface area contributed by atoms with Crippen LogP contribution in [0.4, 0.5) is 13.2 Å². The molecule has 0 rings (SSSR count). The van der Waals surface area contributed by atoms with Crippen LogP contribution in [0.2, 0.25) is 0 Å². The van der Waals surface area contributed by atoms with Gasteiger partial charge in [-0.1, -0.05) is 20.8 Å². The fourth-order valence-electron chi connectivity index (χ4n) is 0.694. The van der Waals surface area contributed by atoms with Crippen molar-refractivity contribution >= 4 is 0 Å². The lowest BCUT2D eigenvalue weighted by atomic mass is 9.97. The van der Waals surface area contributed by atoms with E-state index in [1.807, 2.05) is 20.8 Å². The summed E-state index contributed by atoms with van der Waals surface area (Å²) in [7, 11) is 0. The molecule has 0 aromatic carbocycles. The summed E-state index contributed by atoms with van der Waals surface area (Å²) in [5.41, 5.74) is 0.0472. The molecular formula is C8H16F3N. The predicted octanol–water partition coefficient (Wildman–Crippen LogP) is 2.57. The van der Waals surface area contributed by atoms with Gasteiger partial charge in [0.1, 0.15) is 0 Å². The Morgan fingerprint density at radius 1 is 1.08 bits per heavy atom. The van der Waals surface area contributed by atoms with Crippen molar-refractivity contribution in [3.8, 4) is 0 Å². The largest absolute Gasteiger partial charge is 0.390 e. The zero-order valence-corrected chi connectivity index (χ0v) is 7.76. The number of halogens is 3. The molecule has 0 radical (unpaired) electrons. The van der Waals surface area contributed by atoms with Crippen molar-refractivity contribution in [1.82, 2.24) is 5.32 Å². The average Bonchev–Trinajstić information content (AvgIpc) is 1.76. The van der Waals surface area contributed by atoms with Crippen LogP contribution >= 0.6 is 0 Å². The minimum absolute atomic E-state index is 0.0147. The summed E-state index contributed by atoms with van der Waals surface area (Å²) in [6.07, 6.45) is -4.78. The van der Waals surface area contributed by atoms with Gasteiger partial charge < -0.3 is 5.32 Å². The second-order valence-corrected chi connectivity index (χ2v) is 4.10. The molecule has 0 unspecified atom stereocenters. The maximum Gasteiger partial charge on any atom is 0.390 e. The van der Waals surface area contributed by atoms with E-state index < -0.39 is 12.6 Å². The van der Waals surface area contributed by atoms with Gasteiger partial charge in [0.2, 0.25) is 0 Å². The standard InChI is InChI=1S/C8H16F3N/c1-7(2,3)6-12-5-4-8(9,10)11/h12H,4-6H2,1-3H3. The Kier molecular flexibility index (Phi) is 4.03. The average molecular weight is 183 g/mol. The lowest BCUT2D eigenvalue weighted by Crippen LogP contribution is -2.29. The molecule has 0 aliphatic rings. The molecule has 0 aliphatic heterocycles. The van der Waals surface area contributed by atoms with Gasteiger partial charge in [-0.25, -0.2) is 0 Å². The number of hydrogen-bond acceptors (Lipinski definition) is 1. The summed E-state index contributed by atoms with van der Waals surface area (Å²) in [6.45, 7) is 6.57. The molecule has 0 amide bonds. The molecule has 1 nitrogen and oxygen atoms in total. The quantitative estimate of drug-likeness (QED) is 0.663. The molecule has 12 heavy (non-hydrogen) atoms. The van der Waals surface area contributed by atoms with E-state index in [0.717, 1.165) is 0 Å². The monoisotopic (exact) mass is 183 g/mol. The zero-order valence-electron chi connectivity index (χ0n) is 7.76. The van der Waals surface area contributed by atoms with Gasteiger partial charge in [-0.15, -0.1) is 0 Å². The molecule has 0 heterocycles. The van der Waals surface area contributed by atoms with Gasteiger partial charge >= 0.3 is 6.18 Å². The van der Waals surface area contributed by atoms with E-state index in [1.54, 1.807) is 0 Å². The van der Waals surface area contributed by atoms with Gasteiger partial charge in [0.05, 0.1) is 6.42 Å². The Bertz CT molecular complexity index is 107. The molecule has 0 aromatic rings. The molecule has 4 heteroatoms. The molecule has 0 aromatic heterocycles. The van der Waals surface area contributed by atoms with Crippen molar-refractivity contribution < 1.29 is 13.2 Å². The highest BCUT2D eigenvalue weighted by molar-refractivity contribution is 4.65. The van der Waals surface area contributed by atoms with E-state index in [4.69, 9.17) is 0 Å². The maximum atomic E-state index is 11.6. The summed E-state index contributed by atoms with van der Waals surface area (Å²) in [6, 6.07) is 0. The Hall–Kier alpha value is -0.250. The van der Waals surface area contributed by atoms with E-state index in [9.17, 15) is 13.2 Å². The van der Waals surface area contributed by atoms with Crippen LogP contribution in [-0.2, 0) is 0 Å². The third-order valence-electron chi connectivity index (χ3n) is 1.24. The third kappa shape index (κ3) is 9.75. The highest BCUT2D eigenvalue weighted by Crippen LogP contribution is 2.18. The van der Waals surface area contributed by atoms with Crippen LogP contribution in [0, 0.1) is 5.41 Å². The third-order valence-corrected chi connectivity index (χ3v) is 1.24. The van der Waals surface area contributed by atoms with Gasteiger partial charge in [-0.2, -0.15) is 13.2 Å². The van der Waals surface area contributed by atoms with Crippen molar-refractivity contribution in [2.75, 3.05) is 13.1 Å². The second-order valence-electron chi connectivity index (χ2n) is 4.10. The lowest BCUT2D eigenvalue weighted by molar-refractivity contribution is -0.133. The molecule has 0 saturated heterocycles. The molecule has 0 aliphatic carbocycles. The SMILES string of the molecule is CC(C)(C)CNCCC(F)(F)F. The van der Waals surface area contributed by atoms with Crippen LogP contribution in [0.5, 0.6) is 0 Å². The topological polar surface area (TPSA) is 12.0 Å². The minimum atomic E-state index is -4.04. The zero-order chi connectivity index (χ0) is 9.83. The summed E-state index contributed by atoms with van der Waals surface area (Å²) in [5, 5.41) is 2.76. The van der Waals surface area contributed by atoms with Crippen LogP contribution in [0.25, 0.3) is 0 Å². The first kappa shape index (κ1) is 11.8. The normalized spacial score (nSPS) is 13.5. The number of hydrogen-bond donors (Lipinski definition) is 1. The predicted molar refractivity (Wildman–Crippen MR) is 43.0 cm³/mol. The van der Waals surface area contributed by atoms with Crippen LogP contribution in [0.15, 0.2) is 0 Å². The Labute approximate surface area is 71.3 Å². The molecular weight excluding hydrogens is 167 g/mol. The van der Waals surface area contributed by atoms with Crippen molar-refractivity contribution in [3.63, 3.8) is 0 Å². The van der Waals surface area contributed by atoms with Crippen molar-refractivity contribution in [2.24, 2.45) is 5.41 Å². The number of rotatable bonds is 3. The fraction of sp³-hybridized carbons (Fsp3) is 1.00. The van der Waals surface area contributed by atoms with E-state index >= 15 is 0 Å². The summed E-state index contributed by atoms with van der Waals surface area (Å²) in [4.78, 5) is 0. The summed E-state index contributed by atoms with van der Waals surface area (Å²) >= 11 is 0. The number of nitrogens with one attached hydrogen (secondary N) is 1. The Morgan fingerprint density at radius 3 is 1.92 bits per heavy atom. The van der Waals surface area contributed by atoms with E-state index in [2.05, 4.69) is 5.32 Å². The van der Waals surface area contributed by atoms with E-state index in [0.29, 0.717) is 6.54 Å². The summed E-state index contributed by atoms with van der Waals surface area (Å²) < 4.78 is 34.9. The van der Waals surface area contributed by atoms with E-state index in [1.165, 1.54) is 0 Å². The number of alkyl halides is 3. The molecule has 0 fully saturated rings. The second kappa shape index (κ2) is 4.12. The first-order valence-corrected chi connectivity index (χ1v) is 3.98. The lowest BCUT2D eigenvalue weighted by Gasteiger charge is -2.18. The van der Waals surface area contributed by atoms with Crippen molar-refractivity contribution in [2.45, 2.75) is 33.4 Å². The van der Waals surface area contributed by atoms with Crippen LogP contribution in [-0.4, -0.2) is 19.3 Å². The molecule has 0 atom stereocenters. The molecule has 74 valence electrons. The highest BCUT2D eigenvalue weighted by atomic mass is 19.4. The smallest absolute Gasteiger partial charge is 0.316 e.